The summed E-state index contributed by atoms with van der Waals surface area (Å²) in [5.41, 5.74) is 14.1. The number of nitrogens with one attached hydrogen (secondary N) is 1. The number of hydrogen-bond acceptors (Lipinski definition) is 7. The topological polar surface area (TPSA) is 141 Å². The molecular weight excluding hydrogens is 421 g/mol. The zero-order valence-corrected chi connectivity index (χ0v) is 17.4. The summed E-state index contributed by atoms with van der Waals surface area (Å²) in [6, 6.07) is 12.1. The van der Waals surface area contributed by atoms with Crippen LogP contribution in [0, 0.1) is 0 Å². The molecule has 0 spiro atoms. The Bertz CT molecular complexity index is 1170. The Kier molecular flexibility index (Phi) is 6.81. The first-order valence-corrected chi connectivity index (χ1v) is 10.9. The smallest absolute Gasteiger partial charge is 0.332 e. The van der Waals surface area contributed by atoms with Crippen LogP contribution in [0.4, 0.5) is 21.3 Å². The third-order valence-electron chi connectivity index (χ3n) is 4.69. The quantitative estimate of drug-likeness (QED) is 0.359. The number of nitrogen functional groups attached to an aromatic ring is 2. The molecule has 0 aliphatic heterocycles. The number of benzene rings is 2. The van der Waals surface area contributed by atoms with Crippen LogP contribution >= 0.6 is 0 Å². The molecule has 31 heavy (non-hydrogen) atoms. The number of aryl methyl sites for hydroxylation is 2. The van der Waals surface area contributed by atoms with Gasteiger partial charge in [0.1, 0.15) is 5.82 Å². The maximum absolute atomic E-state index is 12.9. The van der Waals surface area contributed by atoms with Crippen molar-refractivity contribution in [2.75, 3.05) is 16.8 Å². The van der Waals surface area contributed by atoms with Gasteiger partial charge in [0, 0.05) is 23.0 Å². The lowest BCUT2D eigenvalue weighted by Gasteiger charge is -2.08. The van der Waals surface area contributed by atoms with Crippen LogP contribution in [0.25, 0.3) is 0 Å². The van der Waals surface area contributed by atoms with E-state index in [1.54, 1.807) is 18.3 Å². The molecule has 0 saturated heterocycles. The number of halogens is 1. The fourth-order valence-electron chi connectivity index (χ4n) is 3.00. The van der Waals surface area contributed by atoms with Gasteiger partial charge >= 0.3 is 10.2 Å². The van der Waals surface area contributed by atoms with Gasteiger partial charge in [-0.15, -0.1) is 3.89 Å². The predicted octanol–water partition coefficient (Wildman–Crippen LogP) is 3.12. The molecule has 8 nitrogen and oxygen atoms in total. The van der Waals surface area contributed by atoms with Crippen LogP contribution in [0.5, 0.6) is 0 Å². The Morgan fingerprint density at radius 3 is 2.23 bits per heavy atom. The van der Waals surface area contributed by atoms with E-state index in [1.165, 1.54) is 12.1 Å². The molecule has 0 fully saturated rings. The fourth-order valence-corrected chi connectivity index (χ4v) is 3.46. The van der Waals surface area contributed by atoms with Gasteiger partial charge in [-0.25, -0.2) is 4.98 Å². The van der Waals surface area contributed by atoms with Crippen LogP contribution in [0.3, 0.4) is 0 Å². The summed E-state index contributed by atoms with van der Waals surface area (Å²) in [5.74, 6) is 0.158. The number of carbonyl (C=O) groups excluding carboxylic acids is 1. The van der Waals surface area contributed by atoms with Gasteiger partial charge in [-0.1, -0.05) is 12.1 Å². The second-order valence-electron chi connectivity index (χ2n) is 6.96. The number of unbranched alkanes of at least 4 members (excludes halogenated alkanes) is 1. The summed E-state index contributed by atoms with van der Waals surface area (Å²) in [7, 11) is -4.79. The number of carbonyl (C=O) groups is 1. The monoisotopic (exact) mass is 443 g/mol. The minimum atomic E-state index is -4.79. The highest BCUT2D eigenvalue weighted by molar-refractivity contribution is 7.86. The highest BCUT2D eigenvalue weighted by atomic mass is 32.3. The molecule has 0 bridgehead atoms. The Morgan fingerprint density at radius 1 is 0.968 bits per heavy atom. The lowest BCUT2D eigenvalue weighted by molar-refractivity contribution is 0.102. The number of nitrogens with zero attached hydrogens (tertiary/aromatic N) is 2. The molecular formula is C21H22FN5O3S. The van der Waals surface area contributed by atoms with Crippen molar-refractivity contribution >= 4 is 33.6 Å². The van der Waals surface area contributed by atoms with Crippen LogP contribution in [0.2, 0.25) is 0 Å². The summed E-state index contributed by atoms with van der Waals surface area (Å²) in [4.78, 5) is 19.7. The normalized spacial score (nSPS) is 11.3. The van der Waals surface area contributed by atoms with Crippen molar-refractivity contribution in [3.63, 3.8) is 0 Å². The van der Waals surface area contributed by atoms with Crippen LogP contribution in [0.1, 0.15) is 34.3 Å². The predicted molar refractivity (Wildman–Crippen MR) is 117 cm³/mol. The minimum Gasteiger partial charge on any atom is -0.383 e. The van der Waals surface area contributed by atoms with Crippen LogP contribution in [0.15, 0.2) is 59.6 Å². The average Bonchev–Trinajstić information content (AvgIpc) is 2.73. The van der Waals surface area contributed by atoms with Gasteiger partial charge in [0.25, 0.3) is 5.91 Å². The van der Waals surface area contributed by atoms with Gasteiger partial charge < -0.3 is 16.8 Å². The van der Waals surface area contributed by atoms with Crippen molar-refractivity contribution in [1.29, 1.82) is 0 Å². The van der Waals surface area contributed by atoms with Gasteiger partial charge in [-0.2, -0.15) is 13.4 Å². The molecule has 0 atom stereocenters. The molecule has 5 N–H and O–H groups in total. The standard InChI is InChI=1S/C21H22FN5O3S/c22-31(29,30)18-11-7-15(8-12-18)20(28)26-17-9-5-14(6-10-17)3-1-2-4-16-13-25-21(24)27-19(16)23/h5-13H,1-4H2,(H,26,28)(H4,23,24,25,27). The SMILES string of the molecule is Nc1ncc(CCCCc2ccc(NC(=O)c3ccc(S(=O)(=O)F)cc3)cc2)c(N)n1. The molecule has 0 radical (unpaired) electrons. The van der Waals surface area contributed by atoms with Crippen molar-refractivity contribution in [3.8, 4) is 0 Å². The van der Waals surface area contributed by atoms with Crippen molar-refractivity contribution < 1.29 is 17.1 Å². The molecule has 3 aromatic rings. The van der Waals surface area contributed by atoms with Gasteiger partial charge in [0.05, 0.1) is 4.90 Å². The van der Waals surface area contributed by atoms with Gasteiger partial charge in [-0.05, 0) is 67.6 Å². The zero-order chi connectivity index (χ0) is 22.4. The highest BCUT2D eigenvalue weighted by Gasteiger charge is 2.13. The van der Waals surface area contributed by atoms with Crippen molar-refractivity contribution in [1.82, 2.24) is 9.97 Å². The number of nitrogens with two attached hydrogens (primary N) is 2. The van der Waals surface area contributed by atoms with E-state index in [0.717, 1.165) is 48.9 Å². The second-order valence-corrected chi connectivity index (χ2v) is 8.31. The molecule has 1 aromatic heterocycles. The van der Waals surface area contributed by atoms with Crippen molar-refractivity contribution in [2.24, 2.45) is 0 Å². The van der Waals surface area contributed by atoms with Gasteiger partial charge in [0.2, 0.25) is 5.95 Å². The summed E-state index contributed by atoms with van der Waals surface area (Å²) in [6.45, 7) is 0. The minimum absolute atomic E-state index is 0.165. The van der Waals surface area contributed by atoms with E-state index < -0.39 is 21.0 Å². The lowest BCUT2D eigenvalue weighted by atomic mass is 10.0. The molecule has 1 amide bonds. The molecule has 3 rings (SSSR count). The van der Waals surface area contributed by atoms with Gasteiger partial charge in [0.15, 0.2) is 0 Å². The maximum atomic E-state index is 12.9. The zero-order valence-electron chi connectivity index (χ0n) is 16.6. The molecule has 10 heteroatoms. The Balaban J connectivity index is 1.49. The van der Waals surface area contributed by atoms with Crippen molar-refractivity contribution in [2.45, 2.75) is 30.6 Å². The largest absolute Gasteiger partial charge is 0.383 e. The molecule has 1 heterocycles. The number of anilines is 3. The second kappa shape index (κ2) is 9.52. The van der Waals surface area contributed by atoms with E-state index in [-0.39, 0.29) is 11.5 Å². The van der Waals surface area contributed by atoms with Crippen LogP contribution in [-0.2, 0) is 23.1 Å². The summed E-state index contributed by atoms with van der Waals surface area (Å²) in [5, 5.41) is 2.72. The summed E-state index contributed by atoms with van der Waals surface area (Å²) >= 11 is 0. The molecule has 0 aliphatic rings. The number of amides is 1. The molecule has 162 valence electrons. The van der Waals surface area contributed by atoms with E-state index in [2.05, 4.69) is 15.3 Å². The van der Waals surface area contributed by atoms with Crippen LogP contribution in [-0.4, -0.2) is 24.3 Å². The maximum Gasteiger partial charge on any atom is 0.332 e. The summed E-state index contributed by atoms with van der Waals surface area (Å²) in [6.07, 6.45) is 5.14. The molecule has 0 unspecified atom stereocenters. The third kappa shape index (κ3) is 6.22. The first-order valence-electron chi connectivity index (χ1n) is 9.54. The lowest BCUT2D eigenvalue weighted by Crippen LogP contribution is -2.12. The van der Waals surface area contributed by atoms with Crippen molar-refractivity contribution in [3.05, 3.63) is 71.4 Å². The highest BCUT2D eigenvalue weighted by Crippen LogP contribution is 2.17. The molecule has 2 aromatic carbocycles. The number of aromatic nitrogens is 2. The number of hydrogen-bond donors (Lipinski definition) is 3. The Labute approximate surface area is 179 Å². The first kappa shape index (κ1) is 22.2. The van der Waals surface area contributed by atoms with Crippen LogP contribution < -0.4 is 16.8 Å². The van der Waals surface area contributed by atoms with E-state index in [9.17, 15) is 17.1 Å². The van der Waals surface area contributed by atoms with E-state index in [1.807, 2.05) is 12.1 Å². The van der Waals surface area contributed by atoms with E-state index in [0.29, 0.717) is 11.5 Å². The van der Waals surface area contributed by atoms with E-state index in [4.69, 9.17) is 11.5 Å². The fraction of sp³-hybridized carbons (Fsp3) is 0.190. The summed E-state index contributed by atoms with van der Waals surface area (Å²) < 4.78 is 34.6. The molecule has 0 aliphatic carbocycles. The van der Waals surface area contributed by atoms with E-state index >= 15 is 0 Å². The van der Waals surface area contributed by atoms with Gasteiger partial charge in [-0.3, -0.25) is 4.79 Å². The Morgan fingerprint density at radius 2 is 1.61 bits per heavy atom. The average molecular weight is 444 g/mol. The third-order valence-corrected chi connectivity index (χ3v) is 5.52. The number of rotatable bonds is 8. The first-order chi connectivity index (χ1) is 14.7. The molecule has 0 saturated carbocycles. The Hall–Kier alpha value is -3.53.